The first-order valence-corrected chi connectivity index (χ1v) is 4.75. The molecule has 1 N–H and O–H groups in total. The summed E-state index contributed by atoms with van der Waals surface area (Å²) < 4.78 is 35.9. The molecule has 0 saturated heterocycles. The Labute approximate surface area is 94.4 Å². The van der Waals surface area contributed by atoms with Crippen LogP contribution < -0.4 is 0 Å². The fourth-order valence-electron chi connectivity index (χ4n) is 1.06. The van der Waals surface area contributed by atoms with Crippen LogP contribution in [-0.4, -0.2) is 11.3 Å². The summed E-state index contributed by atoms with van der Waals surface area (Å²) >= 11 is 11.2. The maximum Gasteiger partial charge on any atom is 0.391 e. The third-order valence-corrected chi connectivity index (χ3v) is 2.49. The first-order valence-electron chi connectivity index (χ1n) is 3.99. The Morgan fingerprint density at radius 2 is 1.80 bits per heavy atom. The van der Waals surface area contributed by atoms with Crippen LogP contribution in [0.15, 0.2) is 18.2 Å². The van der Waals surface area contributed by atoms with Crippen LogP contribution in [0.25, 0.3) is 0 Å². The SMILES string of the molecule is OC(CC(F)(F)F)c1ccc(Cl)c(Cl)c1. The largest absolute Gasteiger partial charge is 0.391 e. The molecule has 15 heavy (non-hydrogen) atoms. The van der Waals surface area contributed by atoms with E-state index in [1.807, 2.05) is 0 Å². The number of hydrogen-bond donors (Lipinski definition) is 1. The van der Waals surface area contributed by atoms with Gasteiger partial charge < -0.3 is 5.11 Å². The highest BCUT2D eigenvalue weighted by Crippen LogP contribution is 2.32. The lowest BCUT2D eigenvalue weighted by molar-refractivity contribution is -0.154. The van der Waals surface area contributed by atoms with Crippen LogP contribution in [0.2, 0.25) is 10.0 Å². The van der Waals surface area contributed by atoms with Crippen molar-refractivity contribution in [1.29, 1.82) is 0 Å². The van der Waals surface area contributed by atoms with E-state index in [1.54, 1.807) is 0 Å². The Kier molecular flexibility index (Phi) is 3.87. The second kappa shape index (κ2) is 4.60. The van der Waals surface area contributed by atoms with Gasteiger partial charge in [0, 0.05) is 0 Å². The molecule has 0 aliphatic heterocycles. The summed E-state index contributed by atoms with van der Waals surface area (Å²) in [6, 6.07) is 3.88. The van der Waals surface area contributed by atoms with E-state index in [4.69, 9.17) is 23.2 Å². The van der Waals surface area contributed by atoms with Gasteiger partial charge in [-0.15, -0.1) is 0 Å². The van der Waals surface area contributed by atoms with Gasteiger partial charge >= 0.3 is 6.18 Å². The minimum absolute atomic E-state index is 0.0988. The lowest BCUT2D eigenvalue weighted by atomic mass is 10.1. The minimum Gasteiger partial charge on any atom is -0.388 e. The maximum absolute atomic E-state index is 12.0. The van der Waals surface area contributed by atoms with Crippen LogP contribution in [0.3, 0.4) is 0 Å². The molecular weight excluding hydrogens is 252 g/mol. The van der Waals surface area contributed by atoms with Crippen LogP contribution in [0.1, 0.15) is 18.1 Å². The number of halogens is 5. The molecule has 0 bridgehead atoms. The second-order valence-electron chi connectivity index (χ2n) is 3.01. The molecule has 1 unspecified atom stereocenters. The van der Waals surface area contributed by atoms with Crippen LogP contribution >= 0.6 is 23.2 Å². The zero-order chi connectivity index (χ0) is 11.6. The summed E-state index contributed by atoms with van der Waals surface area (Å²) in [6.45, 7) is 0. The molecule has 0 saturated carbocycles. The first kappa shape index (κ1) is 12.6. The standard InChI is InChI=1S/C9H7Cl2F3O/c10-6-2-1-5(3-7(6)11)8(15)4-9(12,13)14/h1-3,8,15H,4H2. The lowest BCUT2D eigenvalue weighted by Crippen LogP contribution is -2.13. The Morgan fingerprint density at radius 3 is 2.27 bits per heavy atom. The monoisotopic (exact) mass is 258 g/mol. The average molecular weight is 259 g/mol. The summed E-state index contributed by atoms with van der Waals surface area (Å²) in [5.41, 5.74) is 0.0988. The van der Waals surface area contributed by atoms with Gasteiger partial charge in [-0.05, 0) is 17.7 Å². The van der Waals surface area contributed by atoms with Crippen LogP contribution in [0, 0.1) is 0 Å². The fraction of sp³-hybridized carbons (Fsp3) is 0.333. The Bertz CT molecular complexity index is 352. The van der Waals surface area contributed by atoms with E-state index in [-0.39, 0.29) is 15.6 Å². The number of aliphatic hydroxyl groups is 1. The topological polar surface area (TPSA) is 20.2 Å². The van der Waals surface area contributed by atoms with Crippen molar-refractivity contribution >= 4 is 23.2 Å². The normalized spacial score (nSPS) is 14.0. The molecule has 0 aromatic heterocycles. The van der Waals surface area contributed by atoms with E-state index in [0.29, 0.717) is 0 Å². The predicted molar refractivity (Wildman–Crippen MR) is 52.1 cm³/mol. The molecule has 1 atom stereocenters. The number of hydrogen-bond acceptors (Lipinski definition) is 1. The maximum atomic E-state index is 12.0. The van der Waals surface area contributed by atoms with E-state index >= 15 is 0 Å². The van der Waals surface area contributed by atoms with E-state index in [1.165, 1.54) is 18.2 Å². The van der Waals surface area contributed by atoms with Crippen molar-refractivity contribution in [2.75, 3.05) is 0 Å². The highest BCUT2D eigenvalue weighted by atomic mass is 35.5. The van der Waals surface area contributed by atoms with Gasteiger partial charge in [0.1, 0.15) is 0 Å². The summed E-state index contributed by atoms with van der Waals surface area (Å²) in [4.78, 5) is 0. The second-order valence-corrected chi connectivity index (χ2v) is 3.82. The summed E-state index contributed by atoms with van der Waals surface area (Å²) in [5.74, 6) is 0. The molecule has 0 fully saturated rings. The Morgan fingerprint density at radius 1 is 1.20 bits per heavy atom. The smallest absolute Gasteiger partial charge is 0.388 e. The van der Waals surface area contributed by atoms with Gasteiger partial charge in [0.25, 0.3) is 0 Å². The lowest BCUT2D eigenvalue weighted by Gasteiger charge is -2.13. The quantitative estimate of drug-likeness (QED) is 0.851. The van der Waals surface area contributed by atoms with Gasteiger partial charge in [0.15, 0.2) is 0 Å². The third kappa shape index (κ3) is 3.89. The Hall–Kier alpha value is -0.450. The van der Waals surface area contributed by atoms with Gasteiger partial charge in [-0.2, -0.15) is 13.2 Å². The van der Waals surface area contributed by atoms with Crippen molar-refractivity contribution in [3.05, 3.63) is 33.8 Å². The van der Waals surface area contributed by atoms with Crippen LogP contribution in [0.5, 0.6) is 0 Å². The zero-order valence-electron chi connectivity index (χ0n) is 7.35. The summed E-state index contributed by atoms with van der Waals surface area (Å²) in [7, 11) is 0. The van der Waals surface area contributed by atoms with Crippen molar-refractivity contribution in [2.45, 2.75) is 18.7 Å². The minimum atomic E-state index is -4.41. The third-order valence-electron chi connectivity index (χ3n) is 1.75. The number of benzene rings is 1. The van der Waals surface area contributed by atoms with Crippen molar-refractivity contribution in [2.24, 2.45) is 0 Å². The molecule has 0 amide bonds. The van der Waals surface area contributed by atoms with Crippen molar-refractivity contribution in [3.8, 4) is 0 Å². The number of aliphatic hydroxyl groups excluding tert-OH is 1. The molecular formula is C9H7Cl2F3O. The number of alkyl halides is 3. The van der Waals surface area contributed by atoms with Crippen LogP contribution in [-0.2, 0) is 0 Å². The molecule has 1 nitrogen and oxygen atoms in total. The molecule has 0 spiro atoms. The predicted octanol–water partition coefficient (Wildman–Crippen LogP) is 3.98. The average Bonchev–Trinajstić information content (AvgIpc) is 2.06. The fourth-order valence-corrected chi connectivity index (χ4v) is 1.36. The first-order chi connectivity index (χ1) is 6.79. The molecule has 0 heterocycles. The summed E-state index contributed by atoms with van der Waals surface area (Å²) in [6.07, 6.45) is -7.32. The highest BCUT2D eigenvalue weighted by Gasteiger charge is 2.31. The van der Waals surface area contributed by atoms with Gasteiger partial charge in [0.2, 0.25) is 0 Å². The van der Waals surface area contributed by atoms with E-state index in [9.17, 15) is 18.3 Å². The van der Waals surface area contributed by atoms with Crippen molar-refractivity contribution < 1.29 is 18.3 Å². The van der Waals surface area contributed by atoms with Crippen LogP contribution in [0.4, 0.5) is 13.2 Å². The Balaban J connectivity index is 2.83. The van der Waals surface area contributed by atoms with Gasteiger partial charge in [0.05, 0.1) is 22.6 Å². The molecule has 1 aromatic rings. The van der Waals surface area contributed by atoms with Gasteiger partial charge in [-0.1, -0.05) is 29.3 Å². The molecule has 0 aliphatic rings. The van der Waals surface area contributed by atoms with E-state index in [0.717, 1.165) is 0 Å². The molecule has 0 aliphatic carbocycles. The molecule has 0 radical (unpaired) electrons. The summed E-state index contributed by atoms with van der Waals surface area (Å²) in [5, 5.41) is 9.61. The van der Waals surface area contributed by atoms with Gasteiger partial charge in [-0.3, -0.25) is 0 Å². The number of rotatable bonds is 2. The molecule has 1 rings (SSSR count). The van der Waals surface area contributed by atoms with E-state index in [2.05, 4.69) is 0 Å². The van der Waals surface area contributed by atoms with Crippen molar-refractivity contribution in [1.82, 2.24) is 0 Å². The molecule has 84 valence electrons. The molecule has 6 heteroatoms. The van der Waals surface area contributed by atoms with Gasteiger partial charge in [-0.25, -0.2) is 0 Å². The van der Waals surface area contributed by atoms with Crippen molar-refractivity contribution in [3.63, 3.8) is 0 Å². The molecule has 1 aromatic carbocycles. The highest BCUT2D eigenvalue weighted by molar-refractivity contribution is 6.42. The van der Waals surface area contributed by atoms with E-state index < -0.39 is 18.7 Å². The zero-order valence-corrected chi connectivity index (χ0v) is 8.87.